The molecule has 0 bridgehead atoms. The highest BCUT2D eigenvalue weighted by atomic mass is 16.5. The Hall–Kier alpha value is -2.76. The van der Waals surface area contributed by atoms with E-state index in [0.29, 0.717) is 32.5 Å². The van der Waals surface area contributed by atoms with Crippen molar-refractivity contribution >= 4 is 5.91 Å². The van der Waals surface area contributed by atoms with Gasteiger partial charge < -0.3 is 15.8 Å². The third-order valence-electron chi connectivity index (χ3n) is 7.86. The number of ether oxygens (including phenoxy) is 1. The monoisotopic (exact) mass is 487 g/mol. The van der Waals surface area contributed by atoms with Crippen molar-refractivity contribution in [2.24, 2.45) is 5.73 Å². The number of hydrogen-bond donors (Lipinski definition) is 2. The fraction of sp³-hybridized carbons (Fsp3) is 0.517. The van der Waals surface area contributed by atoms with Gasteiger partial charge in [-0.25, -0.2) is 0 Å². The van der Waals surface area contributed by atoms with Gasteiger partial charge in [-0.2, -0.15) is 5.26 Å². The van der Waals surface area contributed by atoms with E-state index in [-0.39, 0.29) is 5.91 Å². The van der Waals surface area contributed by atoms with Gasteiger partial charge in [0.05, 0.1) is 11.6 Å². The lowest BCUT2D eigenvalue weighted by Crippen LogP contribution is -2.58. The molecule has 3 fully saturated rings. The molecule has 190 valence electrons. The Labute approximate surface area is 214 Å². The van der Waals surface area contributed by atoms with Crippen molar-refractivity contribution in [3.8, 4) is 17.2 Å². The van der Waals surface area contributed by atoms with Gasteiger partial charge in [-0.1, -0.05) is 48.5 Å². The fourth-order valence-corrected chi connectivity index (χ4v) is 5.25. The van der Waals surface area contributed by atoms with Crippen LogP contribution in [0.4, 0.5) is 0 Å². The van der Waals surface area contributed by atoms with Gasteiger partial charge in [-0.05, 0) is 47.9 Å². The molecule has 3 N–H and O–H groups in total. The zero-order valence-electron chi connectivity index (χ0n) is 21.0. The Bertz CT molecular complexity index is 1060. The summed E-state index contributed by atoms with van der Waals surface area (Å²) in [5.41, 5.74) is 9.99. The number of amides is 1. The van der Waals surface area contributed by atoms with E-state index in [1.807, 2.05) is 12.1 Å². The summed E-state index contributed by atoms with van der Waals surface area (Å²) in [4.78, 5) is 17.9. The molecule has 1 unspecified atom stereocenters. The van der Waals surface area contributed by atoms with E-state index in [0.717, 1.165) is 36.8 Å². The molecule has 1 atom stereocenters. The van der Waals surface area contributed by atoms with E-state index in [4.69, 9.17) is 10.5 Å². The van der Waals surface area contributed by atoms with E-state index < -0.39 is 11.6 Å². The van der Waals surface area contributed by atoms with Crippen LogP contribution in [0.5, 0.6) is 0 Å². The topological polar surface area (TPSA) is 94.6 Å². The highest BCUT2D eigenvalue weighted by molar-refractivity contribution is 5.86. The number of carbonyl (C=O) groups excluding carboxylic acids is 1. The van der Waals surface area contributed by atoms with Crippen molar-refractivity contribution in [1.29, 1.82) is 5.26 Å². The second-order valence-electron chi connectivity index (χ2n) is 10.6. The van der Waals surface area contributed by atoms with Crippen LogP contribution in [0.25, 0.3) is 11.1 Å². The largest absolute Gasteiger partial charge is 0.381 e. The van der Waals surface area contributed by atoms with Gasteiger partial charge in [-0.15, -0.1) is 0 Å². The summed E-state index contributed by atoms with van der Waals surface area (Å²) in [6.45, 7) is 6.67. The Morgan fingerprint density at radius 3 is 2.14 bits per heavy atom. The van der Waals surface area contributed by atoms with Crippen LogP contribution in [0.2, 0.25) is 0 Å². The molecule has 2 saturated heterocycles. The molecule has 7 heteroatoms. The van der Waals surface area contributed by atoms with Crippen LogP contribution >= 0.6 is 0 Å². The van der Waals surface area contributed by atoms with Gasteiger partial charge >= 0.3 is 0 Å². The minimum atomic E-state index is -0.950. The number of piperazine rings is 1. The molecular formula is C29H37N5O2. The molecule has 3 aliphatic rings. The third-order valence-corrected chi connectivity index (χ3v) is 7.86. The number of nitrogens with one attached hydrogen (secondary N) is 1. The quantitative estimate of drug-likeness (QED) is 0.595. The molecule has 5 rings (SSSR count). The fourth-order valence-electron chi connectivity index (χ4n) is 5.25. The first-order valence-corrected chi connectivity index (χ1v) is 13.2. The molecule has 2 aromatic carbocycles. The predicted octanol–water partition coefficient (Wildman–Crippen LogP) is 2.69. The molecule has 0 spiro atoms. The molecule has 0 aromatic heterocycles. The SMILES string of the molecule is N#CC(Cc1ccc(-c2ccc(CN3CCN(C4CC4)CC3)cc2)cc1)NC(=O)C1(N)CCOCC1. The van der Waals surface area contributed by atoms with Crippen molar-refractivity contribution in [3.05, 3.63) is 59.7 Å². The van der Waals surface area contributed by atoms with Gasteiger partial charge in [0.1, 0.15) is 6.04 Å². The molecule has 1 aliphatic carbocycles. The van der Waals surface area contributed by atoms with Gasteiger partial charge in [0.2, 0.25) is 5.91 Å². The second-order valence-corrected chi connectivity index (χ2v) is 10.6. The van der Waals surface area contributed by atoms with Crippen LogP contribution in [-0.2, 0) is 22.5 Å². The summed E-state index contributed by atoms with van der Waals surface area (Å²) in [6.07, 6.45) is 4.18. The smallest absolute Gasteiger partial charge is 0.241 e. The molecule has 0 radical (unpaired) electrons. The minimum absolute atomic E-state index is 0.265. The zero-order valence-corrected chi connectivity index (χ0v) is 21.0. The van der Waals surface area contributed by atoms with E-state index >= 15 is 0 Å². The van der Waals surface area contributed by atoms with Gasteiger partial charge in [0, 0.05) is 58.4 Å². The number of hydrogen-bond acceptors (Lipinski definition) is 6. The van der Waals surface area contributed by atoms with Crippen LogP contribution in [0.1, 0.15) is 36.8 Å². The normalized spacial score (nSPS) is 21.4. The van der Waals surface area contributed by atoms with Gasteiger partial charge in [-0.3, -0.25) is 14.6 Å². The van der Waals surface area contributed by atoms with Gasteiger partial charge in [0.15, 0.2) is 0 Å². The Morgan fingerprint density at radius 1 is 1.00 bits per heavy atom. The summed E-state index contributed by atoms with van der Waals surface area (Å²) < 4.78 is 5.31. The van der Waals surface area contributed by atoms with Crippen LogP contribution in [0.15, 0.2) is 48.5 Å². The van der Waals surface area contributed by atoms with E-state index in [1.54, 1.807) is 0 Å². The number of benzene rings is 2. The number of nitrogens with zero attached hydrogens (tertiary/aromatic N) is 3. The summed E-state index contributed by atoms with van der Waals surface area (Å²) in [5, 5.41) is 12.4. The highest BCUT2D eigenvalue weighted by Gasteiger charge is 2.37. The molecule has 1 amide bonds. The van der Waals surface area contributed by atoms with Crippen molar-refractivity contribution in [2.45, 2.75) is 56.3 Å². The van der Waals surface area contributed by atoms with E-state index in [1.165, 1.54) is 37.1 Å². The standard InChI is InChI=1S/C29H37N5O2/c30-20-26(32-28(35)29(31)11-17-36-18-12-29)19-22-1-5-24(6-2-22)25-7-3-23(4-8-25)21-33-13-15-34(16-14-33)27-9-10-27/h1-8,26-27H,9-19,21,31H2,(H,32,35). The lowest BCUT2D eigenvalue weighted by atomic mass is 9.90. The minimum Gasteiger partial charge on any atom is -0.381 e. The first kappa shape index (κ1) is 24.9. The summed E-state index contributed by atoms with van der Waals surface area (Å²) in [5.74, 6) is -0.265. The molecule has 1 saturated carbocycles. The lowest BCUT2D eigenvalue weighted by Gasteiger charge is -2.34. The van der Waals surface area contributed by atoms with Crippen molar-refractivity contribution in [3.63, 3.8) is 0 Å². The molecule has 36 heavy (non-hydrogen) atoms. The van der Waals surface area contributed by atoms with Crippen molar-refractivity contribution < 1.29 is 9.53 Å². The number of nitrogens with two attached hydrogens (primary N) is 1. The highest BCUT2D eigenvalue weighted by Crippen LogP contribution is 2.28. The van der Waals surface area contributed by atoms with Gasteiger partial charge in [0.25, 0.3) is 0 Å². The molecule has 2 aliphatic heterocycles. The number of carbonyl (C=O) groups is 1. The second kappa shape index (κ2) is 11.1. The van der Waals surface area contributed by atoms with Crippen LogP contribution in [-0.4, -0.2) is 72.7 Å². The van der Waals surface area contributed by atoms with E-state index in [2.05, 4.69) is 57.6 Å². The predicted molar refractivity (Wildman–Crippen MR) is 140 cm³/mol. The molecular weight excluding hydrogens is 450 g/mol. The Balaban J connectivity index is 1.13. The zero-order chi connectivity index (χ0) is 25.0. The van der Waals surface area contributed by atoms with Crippen molar-refractivity contribution in [1.82, 2.24) is 15.1 Å². The van der Waals surface area contributed by atoms with E-state index in [9.17, 15) is 10.1 Å². The Morgan fingerprint density at radius 2 is 1.58 bits per heavy atom. The molecule has 7 nitrogen and oxygen atoms in total. The maximum Gasteiger partial charge on any atom is 0.241 e. The maximum absolute atomic E-state index is 12.7. The Kier molecular flexibility index (Phi) is 7.68. The van der Waals surface area contributed by atoms with Crippen LogP contribution in [0.3, 0.4) is 0 Å². The first-order valence-electron chi connectivity index (χ1n) is 13.2. The first-order chi connectivity index (χ1) is 17.5. The average Bonchev–Trinajstić information content (AvgIpc) is 3.76. The number of nitriles is 1. The summed E-state index contributed by atoms with van der Waals surface area (Å²) >= 11 is 0. The molecule has 2 aromatic rings. The average molecular weight is 488 g/mol. The van der Waals surface area contributed by atoms with Crippen molar-refractivity contribution in [2.75, 3.05) is 39.4 Å². The molecule has 2 heterocycles. The number of rotatable bonds is 8. The third kappa shape index (κ3) is 6.13. The maximum atomic E-state index is 12.7. The lowest BCUT2D eigenvalue weighted by molar-refractivity contribution is -0.130. The van der Waals surface area contributed by atoms with Crippen LogP contribution in [0, 0.1) is 11.3 Å². The van der Waals surface area contributed by atoms with Crippen LogP contribution < -0.4 is 11.1 Å². The summed E-state index contributed by atoms with van der Waals surface area (Å²) in [6, 6.07) is 19.6. The summed E-state index contributed by atoms with van der Waals surface area (Å²) in [7, 11) is 0.